The molecule has 2 aromatic carbocycles. The standard InChI is InChI=1S/C16H11BrO4/c17-13(16(19)20-10-6-2-1-3-7-10)14-11-8-4-5-9-12(11)15(18)21-14/h1-9,13-14H/t13-,14-/m0/s1. The zero-order valence-electron chi connectivity index (χ0n) is 10.9. The first-order valence-corrected chi connectivity index (χ1v) is 7.29. The molecule has 1 aliphatic rings. The van der Waals surface area contributed by atoms with Crippen LogP contribution in [-0.2, 0) is 9.53 Å². The molecule has 4 nitrogen and oxygen atoms in total. The Bertz CT molecular complexity index is 684. The van der Waals surface area contributed by atoms with Crippen LogP contribution in [0, 0.1) is 0 Å². The highest BCUT2D eigenvalue weighted by atomic mass is 79.9. The third-order valence-electron chi connectivity index (χ3n) is 3.17. The molecule has 1 heterocycles. The Morgan fingerprint density at radius 3 is 2.52 bits per heavy atom. The first-order chi connectivity index (χ1) is 10.2. The molecule has 21 heavy (non-hydrogen) atoms. The number of halogens is 1. The summed E-state index contributed by atoms with van der Waals surface area (Å²) >= 11 is 3.27. The van der Waals surface area contributed by atoms with E-state index in [9.17, 15) is 9.59 Å². The van der Waals surface area contributed by atoms with Gasteiger partial charge in [0.15, 0.2) is 10.9 Å². The van der Waals surface area contributed by atoms with Crippen LogP contribution < -0.4 is 4.74 Å². The van der Waals surface area contributed by atoms with Gasteiger partial charge in [-0.2, -0.15) is 0 Å². The van der Waals surface area contributed by atoms with E-state index in [0.717, 1.165) is 0 Å². The van der Waals surface area contributed by atoms with Gasteiger partial charge in [-0.15, -0.1) is 0 Å². The van der Waals surface area contributed by atoms with E-state index in [-0.39, 0.29) is 0 Å². The Hall–Kier alpha value is -2.14. The highest BCUT2D eigenvalue weighted by Gasteiger charge is 2.39. The van der Waals surface area contributed by atoms with Crippen molar-refractivity contribution in [3.05, 3.63) is 65.7 Å². The fraction of sp³-hybridized carbons (Fsp3) is 0.125. The molecule has 0 spiro atoms. The van der Waals surface area contributed by atoms with E-state index in [4.69, 9.17) is 9.47 Å². The maximum Gasteiger partial charge on any atom is 0.339 e. The largest absolute Gasteiger partial charge is 0.452 e. The molecule has 1 aliphatic heterocycles. The molecule has 0 aromatic heterocycles. The van der Waals surface area contributed by atoms with Gasteiger partial charge in [0.1, 0.15) is 5.75 Å². The average molecular weight is 347 g/mol. The maximum atomic E-state index is 12.2. The lowest BCUT2D eigenvalue weighted by atomic mass is 10.0. The van der Waals surface area contributed by atoms with Gasteiger partial charge in [0.2, 0.25) is 0 Å². The molecular formula is C16H11BrO4. The molecule has 5 heteroatoms. The van der Waals surface area contributed by atoms with Gasteiger partial charge in [0.25, 0.3) is 0 Å². The van der Waals surface area contributed by atoms with Crippen LogP contribution >= 0.6 is 15.9 Å². The first kappa shape index (κ1) is 13.8. The average Bonchev–Trinajstić information content (AvgIpc) is 2.85. The summed E-state index contributed by atoms with van der Waals surface area (Å²) in [4.78, 5) is 23.2. The molecule has 2 atom stereocenters. The smallest absolute Gasteiger partial charge is 0.339 e. The molecule has 106 valence electrons. The lowest BCUT2D eigenvalue weighted by Crippen LogP contribution is -2.27. The van der Waals surface area contributed by atoms with Crippen molar-refractivity contribution in [1.29, 1.82) is 0 Å². The monoisotopic (exact) mass is 346 g/mol. The number of carbonyl (C=O) groups is 2. The molecular weight excluding hydrogens is 336 g/mol. The van der Waals surface area contributed by atoms with Gasteiger partial charge >= 0.3 is 11.9 Å². The van der Waals surface area contributed by atoms with E-state index in [1.165, 1.54) is 0 Å². The SMILES string of the molecule is O=C1O[C@H]([C@H](Br)C(=O)Oc2ccccc2)c2ccccc21. The van der Waals surface area contributed by atoms with E-state index in [1.807, 2.05) is 6.07 Å². The molecule has 0 saturated heterocycles. The number of carbonyl (C=O) groups excluding carboxylic acids is 2. The van der Waals surface area contributed by atoms with Crippen LogP contribution in [0.4, 0.5) is 0 Å². The van der Waals surface area contributed by atoms with Crippen LogP contribution in [0.2, 0.25) is 0 Å². The van der Waals surface area contributed by atoms with Crippen LogP contribution in [0.3, 0.4) is 0 Å². The molecule has 0 saturated carbocycles. The van der Waals surface area contributed by atoms with Crippen molar-refractivity contribution in [3.63, 3.8) is 0 Å². The summed E-state index contributed by atoms with van der Waals surface area (Å²) in [5, 5.41) is 0. The molecule has 0 unspecified atom stereocenters. The minimum Gasteiger partial charge on any atom is -0.452 e. The fourth-order valence-corrected chi connectivity index (χ4v) is 2.66. The maximum absolute atomic E-state index is 12.2. The van der Waals surface area contributed by atoms with Crippen molar-refractivity contribution in [2.75, 3.05) is 0 Å². The summed E-state index contributed by atoms with van der Waals surface area (Å²) in [5.74, 6) is -0.479. The van der Waals surface area contributed by atoms with Crippen LogP contribution in [0.25, 0.3) is 0 Å². The number of cyclic esters (lactones) is 1. The number of para-hydroxylation sites is 1. The number of benzene rings is 2. The van der Waals surface area contributed by atoms with Crippen molar-refractivity contribution in [3.8, 4) is 5.75 Å². The third-order valence-corrected chi connectivity index (χ3v) is 4.03. The van der Waals surface area contributed by atoms with Crippen LogP contribution in [0.15, 0.2) is 54.6 Å². The second-order valence-electron chi connectivity index (χ2n) is 4.55. The molecule has 0 amide bonds. The summed E-state index contributed by atoms with van der Waals surface area (Å²) in [6, 6.07) is 15.8. The number of alkyl halides is 1. The predicted molar refractivity (Wildman–Crippen MR) is 79.4 cm³/mol. The van der Waals surface area contributed by atoms with Crippen molar-refractivity contribution >= 4 is 27.9 Å². The number of hydrogen-bond acceptors (Lipinski definition) is 4. The number of esters is 2. The number of fused-ring (bicyclic) bond motifs is 1. The van der Waals surface area contributed by atoms with E-state index >= 15 is 0 Å². The van der Waals surface area contributed by atoms with E-state index in [2.05, 4.69) is 15.9 Å². The van der Waals surface area contributed by atoms with Crippen molar-refractivity contribution < 1.29 is 19.1 Å². The first-order valence-electron chi connectivity index (χ1n) is 6.37. The summed E-state index contributed by atoms with van der Waals surface area (Å²) in [5.41, 5.74) is 1.17. The van der Waals surface area contributed by atoms with E-state index in [1.54, 1.807) is 48.5 Å². The molecule has 3 rings (SSSR count). The highest BCUT2D eigenvalue weighted by molar-refractivity contribution is 9.10. The van der Waals surface area contributed by atoms with Crippen molar-refractivity contribution in [1.82, 2.24) is 0 Å². The van der Waals surface area contributed by atoms with Gasteiger partial charge in [0.05, 0.1) is 5.56 Å². The number of rotatable bonds is 3. The van der Waals surface area contributed by atoms with Crippen molar-refractivity contribution in [2.24, 2.45) is 0 Å². The summed E-state index contributed by atoms with van der Waals surface area (Å²) < 4.78 is 10.5. The van der Waals surface area contributed by atoms with Crippen LogP contribution in [0.5, 0.6) is 5.75 Å². The summed E-state index contributed by atoms with van der Waals surface area (Å²) in [6.07, 6.45) is -0.676. The van der Waals surface area contributed by atoms with E-state index < -0.39 is 22.9 Å². The van der Waals surface area contributed by atoms with Gasteiger partial charge in [-0.1, -0.05) is 52.3 Å². The Kier molecular flexibility index (Phi) is 3.75. The van der Waals surface area contributed by atoms with Gasteiger partial charge in [-0.3, -0.25) is 4.79 Å². The zero-order chi connectivity index (χ0) is 14.8. The normalized spacial score (nSPS) is 17.8. The Labute approximate surface area is 129 Å². The highest BCUT2D eigenvalue weighted by Crippen LogP contribution is 2.36. The third kappa shape index (κ3) is 2.69. The molecule has 0 radical (unpaired) electrons. The zero-order valence-corrected chi connectivity index (χ0v) is 12.4. The lowest BCUT2D eigenvalue weighted by Gasteiger charge is -2.16. The second-order valence-corrected chi connectivity index (χ2v) is 5.54. The summed E-state index contributed by atoms with van der Waals surface area (Å²) in [7, 11) is 0. The summed E-state index contributed by atoms with van der Waals surface area (Å²) in [6.45, 7) is 0. The molecule has 0 fully saturated rings. The quantitative estimate of drug-likeness (QED) is 0.486. The molecule has 0 aliphatic carbocycles. The predicted octanol–water partition coefficient (Wildman–Crippen LogP) is 3.27. The van der Waals surface area contributed by atoms with Gasteiger partial charge in [-0.25, -0.2) is 4.79 Å². The molecule has 2 aromatic rings. The second kappa shape index (κ2) is 5.69. The van der Waals surface area contributed by atoms with E-state index in [0.29, 0.717) is 16.9 Å². The van der Waals surface area contributed by atoms with Crippen molar-refractivity contribution in [2.45, 2.75) is 10.9 Å². The number of ether oxygens (including phenoxy) is 2. The molecule has 0 N–H and O–H groups in total. The Morgan fingerprint density at radius 2 is 1.76 bits per heavy atom. The van der Waals surface area contributed by atoms with Gasteiger partial charge in [-0.05, 0) is 18.2 Å². The lowest BCUT2D eigenvalue weighted by molar-refractivity contribution is -0.135. The minimum atomic E-state index is -0.759. The Balaban J connectivity index is 1.79. The topological polar surface area (TPSA) is 52.6 Å². The van der Waals surface area contributed by atoms with Gasteiger partial charge in [0, 0.05) is 5.56 Å². The van der Waals surface area contributed by atoms with Crippen LogP contribution in [-0.4, -0.2) is 16.8 Å². The van der Waals surface area contributed by atoms with Gasteiger partial charge < -0.3 is 9.47 Å². The minimum absolute atomic E-state index is 0.424. The number of hydrogen-bond donors (Lipinski definition) is 0. The van der Waals surface area contributed by atoms with Crippen LogP contribution in [0.1, 0.15) is 22.0 Å². The molecule has 0 bridgehead atoms. The Morgan fingerprint density at radius 1 is 1.10 bits per heavy atom. The fourth-order valence-electron chi connectivity index (χ4n) is 2.18.